The SMILES string of the molecule is COC(C=O)CCC=C1SC[C@H]2[C@@H]1N(Cc1ccccc1)C(=O)N2Cc1ccccc1. The van der Waals surface area contributed by atoms with Gasteiger partial charge in [0.1, 0.15) is 12.4 Å². The van der Waals surface area contributed by atoms with Gasteiger partial charge in [-0.2, -0.15) is 0 Å². The Morgan fingerprint density at radius 2 is 1.65 bits per heavy atom. The molecule has 2 heterocycles. The molecule has 3 atom stereocenters. The summed E-state index contributed by atoms with van der Waals surface area (Å²) < 4.78 is 5.17. The maximum Gasteiger partial charge on any atom is 0.321 e. The van der Waals surface area contributed by atoms with Gasteiger partial charge in [0.25, 0.3) is 0 Å². The number of hydrogen-bond acceptors (Lipinski definition) is 4. The van der Waals surface area contributed by atoms with Crippen molar-refractivity contribution in [3.05, 3.63) is 82.8 Å². The third kappa shape index (κ3) is 4.86. The first kappa shape index (κ1) is 21.7. The minimum atomic E-state index is -0.376. The highest BCUT2D eigenvalue weighted by molar-refractivity contribution is 8.03. The van der Waals surface area contributed by atoms with E-state index in [-0.39, 0.29) is 24.2 Å². The number of thioether (sulfide) groups is 1. The van der Waals surface area contributed by atoms with E-state index in [9.17, 15) is 9.59 Å². The lowest BCUT2D eigenvalue weighted by Gasteiger charge is -2.23. The zero-order valence-corrected chi connectivity index (χ0v) is 18.5. The topological polar surface area (TPSA) is 49.9 Å². The van der Waals surface area contributed by atoms with Crippen LogP contribution in [0, 0.1) is 0 Å². The molecule has 2 saturated heterocycles. The van der Waals surface area contributed by atoms with Crippen LogP contribution < -0.4 is 0 Å². The molecule has 0 radical (unpaired) electrons. The number of carbonyl (C=O) groups excluding carboxylic acids is 2. The average molecular weight is 437 g/mol. The van der Waals surface area contributed by atoms with Crippen molar-refractivity contribution in [3.63, 3.8) is 0 Å². The first-order valence-corrected chi connectivity index (χ1v) is 11.7. The number of ether oxygens (including phenoxy) is 1. The molecule has 0 spiro atoms. The van der Waals surface area contributed by atoms with E-state index in [0.717, 1.165) is 29.6 Å². The third-order valence-corrected chi connectivity index (χ3v) is 7.20. The lowest BCUT2D eigenvalue weighted by molar-refractivity contribution is -0.116. The Labute approximate surface area is 188 Å². The summed E-state index contributed by atoms with van der Waals surface area (Å²) in [7, 11) is 1.56. The van der Waals surface area contributed by atoms with Crippen LogP contribution in [-0.4, -0.2) is 53.2 Å². The largest absolute Gasteiger partial charge is 0.374 e. The van der Waals surface area contributed by atoms with Crippen LogP contribution in [0.4, 0.5) is 4.79 Å². The van der Waals surface area contributed by atoms with Gasteiger partial charge in [-0.05, 0) is 24.0 Å². The predicted octanol–water partition coefficient (Wildman–Crippen LogP) is 4.49. The molecule has 6 heteroatoms. The number of nitrogens with zero attached hydrogens (tertiary/aromatic N) is 2. The Bertz CT molecular complexity index is 919. The van der Waals surface area contributed by atoms with Gasteiger partial charge in [-0.3, -0.25) is 0 Å². The van der Waals surface area contributed by atoms with Gasteiger partial charge in [-0.15, -0.1) is 11.8 Å². The van der Waals surface area contributed by atoms with Crippen molar-refractivity contribution in [2.75, 3.05) is 12.9 Å². The maximum absolute atomic E-state index is 13.5. The molecule has 5 nitrogen and oxygen atoms in total. The van der Waals surface area contributed by atoms with E-state index in [1.165, 1.54) is 4.91 Å². The second kappa shape index (κ2) is 10.2. The Morgan fingerprint density at radius 3 is 2.23 bits per heavy atom. The number of rotatable bonds is 9. The minimum Gasteiger partial charge on any atom is -0.374 e. The predicted molar refractivity (Wildman–Crippen MR) is 124 cm³/mol. The average Bonchev–Trinajstić information content (AvgIpc) is 3.33. The van der Waals surface area contributed by atoms with Crippen molar-refractivity contribution in [1.82, 2.24) is 9.80 Å². The van der Waals surface area contributed by atoms with Crippen LogP contribution in [0.5, 0.6) is 0 Å². The fourth-order valence-electron chi connectivity index (χ4n) is 4.32. The second-order valence-corrected chi connectivity index (χ2v) is 9.02. The molecule has 2 aliphatic heterocycles. The summed E-state index contributed by atoms with van der Waals surface area (Å²) in [5.41, 5.74) is 2.28. The molecule has 0 aliphatic carbocycles. The molecule has 2 aliphatic rings. The third-order valence-electron chi connectivity index (χ3n) is 5.95. The van der Waals surface area contributed by atoms with Crippen molar-refractivity contribution in [2.45, 2.75) is 44.1 Å². The summed E-state index contributed by atoms with van der Waals surface area (Å²) in [5, 5.41) is 0. The molecule has 2 aromatic carbocycles. The molecule has 0 saturated carbocycles. The molecule has 2 fully saturated rings. The van der Waals surface area contributed by atoms with Crippen LogP contribution in [0.1, 0.15) is 24.0 Å². The Kier molecular flexibility index (Phi) is 7.10. The second-order valence-electron chi connectivity index (χ2n) is 7.93. The highest BCUT2D eigenvalue weighted by Gasteiger charge is 2.50. The molecular formula is C25H28N2O3S. The van der Waals surface area contributed by atoms with Gasteiger partial charge in [-0.25, -0.2) is 4.79 Å². The van der Waals surface area contributed by atoms with Gasteiger partial charge in [0.05, 0.1) is 12.1 Å². The quantitative estimate of drug-likeness (QED) is 0.429. The van der Waals surface area contributed by atoms with E-state index in [1.54, 1.807) is 7.11 Å². The summed E-state index contributed by atoms with van der Waals surface area (Å²) in [5.74, 6) is 0.891. The highest BCUT2D eigenvalue weighted by atomic mass is 32.2. The van der Waals surface area contributed by atoms with E-state index >= 15 is 0 Å². The number of hydrogen-bond donors (Lipinski definition) is 0. The maximum atomic E-state index is 13.5. The highest BCUT2D eigenvalue weighted by Crippen LogP contribution is 2.43. The molecule has 0 aromatic heterocycles. The molecule has 0 N–H and O–H groups in total. The number of methoxy groups -OCH3 is 1. The molecule has 31 heavy (non-hydrogen) atoms. The van der Waals surface area contributed by atoms with E-state index in [2.05, 4.69) is 30.3 Å². The Hall–Kier alpha value is -2.57. The number of benzene rings is 2. The monoisotopic (exact) mass is 436 g/mol. The number of carbonyl (C=O) groups is 2. The number of urea groups is 1. The number of amides is 2. The van der Waals surface area contributed by atoms with Gasteiger partial charge < -0.3 is 19.3 Å². The van der Waals surface area contributed by atoms with E-state index in [4.69, 9.17) is 4.74 Å². The molecule has 1 unspecified atom stereocenters. The van der Waals surface area contributed by atoms with Crippen LogP contribution in [0.25, 0.3) is 0 Å². The Balaban J connectivity index is 1.57. The number of aldehydes is 1. The van der Waals surface area contributed by atoms with Crippen LogP contribution in [-0.2, 0) is 22.6 Å². The standard InChI is InChI=1S/C25H28N2O3S/c1-30-21(17-28)13-8-14-23-24-22(18-31-23)26(15-19-9-4-2-5-10-19)25(29)27(24)16-20-11-6-3-7-12-20/h2-7,9-12,14,17,21-22,24H,8,13,15-16,18H2,1H3/t21?,22-,24-/m0/s1. The Morgan fingerprint density at radius 1 is 1.03 bits per heavy atom. The summed E-state index contributed by atoms with van der Waals surface area (Å²) in [6.07, 6.45) is 4.09. The van der Waals surface area contributed by atoms with E-state index in [0.29, 0.717) is 19.5 Å². The van der Waals surface area contributed by atoms with Crippen molar-refractivity contribution in [3.8, 4) is 0 Å². The van der Waals surface area contributed by atoms with E-state index in [1.807, 2.05) is 58.0 Å². The molecule has 162 valence electrons. The van der Waals surface area contributed by atoms with Crippen molar-refractivity contribution in [2.24, 2.45) is 0 Å². The number of allylic oxidation sites excluding steroid dienone is 1. The van der Waals surface area contributed by atoms with Gasteiger partial charge in [0, 0.05) is 30.9 Å². The van der Waals surface area contributed by atoms with Crippen LogP contribution in [0.2, 0.25) is 0 Å². The van der Waals surface area contributed by atoms with Gasteiger partial charge >= 0.3 is 6.03 Å². The van der Waals surface area contributed by atoms with Crippen molar-refractivity contribution >= 4 is 24.1 Å². The van der Waals surface area contributed by atoms with Gasteiger partial charge in [-0.1, -0.05) is 66.7 Å². The van der Waals surface area contributed by atoms with Gasteiger partial charge in [0.2, 0.25) is 0 Å². The molecule has 0 bridgehead atoms. The zero-order chi connectivity index (χ0) is 21.6. The molecule has 2 aromatic rings. The fraction of sp³-hybridized carbons (Fsp3) is 0.360. The summed E-state index contributed by atoms with van der Waals surface area (Å²) >= 11 is 1.83. The van der Waals surface area contributed by atoms with Crippen LogP contribution in [0.15, 0.2) is 71.6 Å². The summed E-state index contributed by atoms with van der Waals surface area (Å²) in [6, 6.07) is 20.6. The van der Waals surface area contributed by atoms with Crippen molar-refractivity contribution < 1.29 is 14.3 Å². The number of fused-ring (bicyclic) bond motifs is 1. The van der Waals surface area contributed by atoms with E-state index < -0.39 is 0 Å². The smallest absolute Gasteiger partial charge is 0.321 e. The molecule has 4 rings (SSSR count). The van der Waals surface area contributed by atoms with Crippen LogP contribution in [0.3, 0.4) is 0 Å². The normalized spacial score (nSPS) is 22.7. The lowest BCUT2D eigenvalue weighted by atomic mass is 10.1. The lowest BCUT2D eigenvalue weighted by Crippen LogP contribution is -2.35. The van der Waals surface area contributed by atoms with Gasteiger partial charge in [0.15, 0.2) is 0 Å². The van der Waals surface area contributed by atoms with Crippen molar-refractivity contribution in [1.29, 1.82) is 0 Å². The minimum absolute atomic E-state index is 0.0543. The van der Waals surface area contributed by atoms with Crippen LogP contribution >= 0.6 is 11.8 Å². The zero-order valence-electron chi connectivity index (χ0n) is 17.7. The summed E-state index contributed by atoms with van der Waals surface area (Å²) in [4.78, 5) is 29.8. The summed E-state index contributed by atoms with van der Waals surface area (Å²) in [6.45, 7) is 1.22. The fourth-order valence-corrected chi connectivity index (χ4v) is 5.73. The first-order chi connectivity index (χ1) is 15.2. The molecule has 2 amide bonds. The first-order valence-electron chi connectivity index (χ1n) is 10.7. The molecular weight excluding hydrogens is 408 g/mol.